The fourth-order valence-electron chi connectivity index (χ4n) is 2.27. The van der Waals surface area contributed by atoms with E-state index in [1.165, 1.54) is 11.1 Å². The van der Waals surface area contributed by atoms with Crippen molar-refractivity contribution < 1.29 is 4.74 Å². The Kier molecular flexibility index (Phi) is 4.74. The second-order valence-electron chi connectivity index (χ2n) is 5.16. The molecule has 2 aromatic rings. The zero-order chi connectivity index (χ0) is 14.5. The van der Waals surface area contributed by atoms with Gasteiger partial charge in [0, 0.05) is 6.20 Å². The van der Waals surface area contributed by atoms with Crippen molar-refractivity contribution in [2.75, 3.05) is 7.05 Å². The van der Waals surface area contributed by atoms with Gasteiger partial charge in [0.1, 0.15) is 5.75 Å². The molecule has 0 aliphatic carbocycles. The molecule has 0 aliphatic rings. The van der Waals surface area contributed by atoms with Crippen molar-refractivity contribution in [3.63, 3.8) is 0 Å². The van der Waals surface area contributed by atoms with Gasteiger partial charge in [-0.3, -0.25) is 4.98 Å². The molecule has 106 valence electrons. The lowest BCUT2D eigenvalue weighted by Crippen LogP contribution is -2.20. The molecule has 0 aliphatic heterocycles. The van der Waals surface area contributed by atoms with Crippen molar-refractivity contribution >= 4 is 0 Å². The van der Waals surface area contributed by atoms with E-state index in [2.05, 4.69) is 35.4 Å². The van der Waals surface area contributed by atoms with Gasteiger partial charge in [-0.2, -0.15) is 0 Å². The molecule has 1 atom stereocenters. The number of pyridine rings is 1. The number of ether oxygens (including phenoxy) is 1. The molecule has 0 bridgehead atoms. The van der Waals surface area contributed by atoms with Gasteiger partial charge in [0.15, 0.2) is 0 Å². The van der Waals surface area contributed by atoms with Crippen LogP contribution in [0.1, 0.15) is 36.7 Å². The normalized spacial score (nSPS) is 12.4. The Morgan fingerprint density at radius 2 is 1.80 bits per heavy atom. The maximum atomic E-state index is 5.68. The first-order valence-corrected chi connectivity index (χ1v) is 6.97. The van der Waals surface area contributed by atoms with Crippen LogP contribution in [0.5, 0.6) is 5.75 Å². The van der Waals surface area contributed by atoms with E-state index in [9.17, 15) is 0 Å². The lowest BCUT2D eigenvalue weighted by atomic mass is 10.00. The molecule has 1 aromatic carbocycles. The van der Waals surface area contributed by atoms with Crippen LogP contribution in [-0.2, 0) is 0 Å². The second-order valence-corrected chi connectivity index (χ2v) is 5.16. The van der Waals surface area contributed by atoms with Crippen molar-refractivity contribution in [3.8, 4) is 5.75 Å². The van der Waals surface area contributed by atoms with Crippen molar-refractivity contribution in [1.82, 2.24) is 10.3 Å². The van der Waals surface area contributed by atoms with E-state index in [0.29, 0.717) is 0 Å². The molecule has 0 saturated carbocycles. The number of aromatic nitrogens is 1. The Balaban J connectivity index is 2.26. The van der Waals surface area contributed by atoms with E-state index in [4.69, 9.17) is 4.74 Å². The van der Waals surface area contributed by atoms with Crippen LogP contribution in [0.3, 0.4) is 0 Å². The van der Waals surface area contributed by atoms with E-state index in [-0.39, 0.29) is 12.1 Å². The highest BCUT2D eigenvalue weighted by Crippen LogP contribution is 2.24. The maximum Gasteiger partial charge on any atom is 0.119 e. The van der Waals surface area contributed by atoms with E-state index < -0.39 is 0 Å². The molecule has 0 spiro atoms. The molecule has 3 heteroatoms. The van der Waals surface area contributed by atoms with Crippen molar-refractivity contribution in [2.24, 2.45) is 0 Å². The third-order valence-corrected chi connectivity index (χ3v) is 3.20. The van der Waals surface area contributed by atoms with Crippen LogP contribution in [0, 0.1) is 6.92 Å². The van der Waals surface area contributed by atoms with Gasteiger partial charge >= 0.3 is 0 Å². The fraction of sp³-hybridized carbons (Fsp3) is 0.353. The highest BCUT2D eigenvalue weighted by Gasteiger charge is 2.15. The first-order valence-electron chi connectivity index (χ1n) is 6.97. The van der Waals surface area contributed by atoms with Gasteiger partial charge in [0.05, 0.1) is 17.8 Å². The third-order valence-electron chi connectivity index (χ3n) is 3.20. The van der Waals surface area contributed by atoms with E-state index in [1.54, 1.807) is 0 Å². The van der Waals surface area contributed by atoms with Gasteiger partial charge < -0.3 is 10.1 Å². The first kappa shape index (κ1) is 14.5. The number of hydrogen-bond donors (Lipinski definition) is 1. The van der Waals surface area contributed by atoms with E-state index in [1.807, 2.05) is 45.3 Å². The molecule has 2 rings (SSSR count). The number of nitrogens with zero attached hydrogens (tertiary/aromatic N) is 1. The molecule has 20 heavy (non-hydrogen) atoms. The van der Waals surface area contributed by atoms with Crippen molar-refractivity contribution in [2.45, 2.75) is 32.9 Å². The molecule has 0 fully saturated rings. The number of benzene rings is 1. The number of nitrogens with one attached hydrogen (secondary N) is 1. The highest BCUT2D eigenvalue weighted by atomic mass is 16.5. The maximum absolute atomic E-state index is 5.68. The quantitative estimate of drug-likeness (QED) is 0.903. The summed E-state index contributed by atoms with van der Waals surface area (Å²) in [6.07, 6.45) is 2.03. The number of rotatable bonds is 5. The molecule has 1 N–H and O–H groups in total. The Morgan fingerprint density at radius 3 is 2.35 bits per heavy atom. The average molecular weight is 270 g/mol. The summed E-state index contributed by atoms with van der Waals surface area (Å²) >= 11 is 0. The van der Waals surface area contributed by atoms with Gasteiger partial charge in [-0.25, -0.2) is 0 Å². The summed E-state index contributed by atoms with van der Waals surface area (Å²) < 4.78 is 5.68. The minimum atomic E-state index is 0.101. The largest absolute Gasteiger partial charge is 0.491 e. The summed E-state index contributed by atoms with van der Waals surface area (Å²) in [6.45, 7) is 6.14. The Hall–Kier alpha value is -1.87. The molecule has 3 nitrogen and oxygen atoms in total. The van der Waals surface area contributed by atoms with Crippen LogP contribution >= 0.6 is 0 Å². The summed E-state index contributed by atoms with van der Waals surface area (Å²) in [5.74, 6) is 0.899. The van der Waals surface area contributed by atoms with Crippen LogP contribution in [-0.4, -0.2) is 18.1 Å². The van der Waals surface area contributed by atoms with Crippen LogP contribution in [0.15, 0.2) is 42.6 Å². The Bertz CT molecular complexity index is 549. The third kappa shape index (κ3) is 3.36. The highest BCUT2D eigenvalue weighted by molar-refractivity contribution is 5.35. The Morgan fingerprint density at radius 1 is 1.10 bits per heavy atom. The summed E-state index contributed by atoms with van der Waals surface area (Å²) in [4.78, 5) is 4.50. The minimum absolute atomic E-state index is 0.101. The van der Waals surface area contributed by atoms with Crippen LogP contribution in [0.2, 0.25) is 0 Å². The predicted molar refractivity (Wildman–Crippen MR) is 82.1 cm³/mol. The molecule has 1 unspecified atom stereocenters. The zero-order valence-electron chi connectivity index (χ0n) is 12.6. The lowest BCUT2D eigenvalue weighted by molar-refractivity contribution is 0.242. The van der Waals surface area contributed by atoms with E-state index in [0.717, 1.165) is 11.4 Å². The van der Waals surface area contributed by atoms with Crippen molar-refractivity contribution in [1.29, 1.82) is 0 Å². The molecule has 0 amide bonds. The van der Waals surface area contributed by atoms with Crippen LogP contribution in [0.4, 0.5) is 0 Å². The summed E-state index contributed by atoms with van der Waals surface area (Å²) in [5, 5.41) is 3.33. The summed E-state index contributed by atoms with van der Waals surface area (Å²) in [6, 6.07) is 12.4. The molecular formula is C17H22N2O. The topological polar surface area (TPSA) is 34.1 Å². The van der Waals surface area contributed by atoms with Gasteiger partial charge in [-0.15, -0.1) is 0 Å². The average Bonchev–Trinajstić information content (AvgIpc) is 2.43. The summed E-state index contributed by atoms with van der Waals surface area (Å²) in [5.41, 5.74) is 3.44. The predicted octanol–water partition coefficient (Wildman–Crippen LogP) is 3.49. The standard InChI is InChI=1S/C17H22N2O/c1-12(2)20-15-9-7-14(8-10-15)17(18-4)16-13(3)6-5-11-19-16/h5-12,17-18H,1-4H3. The monoisotopic (exact) mass is 270 g/mol. The molecule has 1 aromatic heterocycles. The molecular weight excluding hydrogens is 248 g/mol. The number of hydrogen-bond acceptors (Lipinski definition) is 3. The van der Waals surface area contributed by atoms with E-state index >= 15 is 0 Å². The lowest BCUT2D eigenvalue weighted by Gasteiger charge is -2.19. The summed E-state index contributed by atoms with van der Waals surface area (Å²) in [7, 11) is 1.96. The zero-order valence-corrected chi connectivity index (χ0v) is 12.6. The fourth-order valence-corrected chi connectivity index (χ4v) is 2.27. The minimum Gasteiger partial charge on any atom is -0.491 e. The van der Waals surface area contributed by atoms with Crippen molar-refractivity contribution in [3.05, 3.63) is 59.4 Å². The number of aryl methyl sites for hydroxylation is 1. The molecule has 1 heterocycles. The van der Waals surface area contributed by atoms with Crippen LogP contribution < -0.4 is 10.1 Å². The van der Waals surface area contributed by atoms with Gasteiger partial charge in [0.2, 0.25) is 0 Å². The SMILES string of the molecule is CNC(c1ccc(OC(C)C)cc1)c1ncccc1C. The Labute approximate surface area is 121 Å². The van der Waals surface area contributed by atoms with Crippen LogP contribution in [0.25, 0.3) is 0 Å². The molecule has 0 saturated heterocycles. The second kappa shape index (κ2) is 6.53. The molecule has 0 radical (unpaired) electrons. The smallest absolute Gasteiger partial charge is 0.119 e. The first-order chi connectivity index (χ1) is 9.61. The van der Waals surface area contributed by atoms with Gasteiger partial charge in [0.25, 0.3) is 0 Å². The van der Waals surface area contributed by atoms with Gasteiger partial charge in [-0.1, -0.05) is 18.2 Å². The van der Waals surface area contributed by atoms with Gasteiger partial charge in [-0.05, 0) is 57.1 Å².